The van der Waals surface area contributed by atoms with E-state index in [0.717, 1.165) is 17.7 Å². The van der Waals surface area contributed by atoms with E-state index in [9.17, 15) is 14.7 Å². The SMILES string of the molecule is O=C(N[C@H]1CCC[C@H]1C(=O)O)c1ccc(COc2ccccc2)cc1. The topological polar surface area (TPSA) is 75.6 Å². The number of amides is 1. The fourth-order valence-corrected chi connectivity index (χ4v) is 3.12. The van der Waals surface area contributed by atoms with Gasteiger partial charge < -0.3 is 15.2 Å². The van der Waals surface area contributed by atoms with Crippen molar-refractivity contribution in [3.05, 3.63) is 65.7 Å². The molecule has 130 valence electrons. The molecule has 2 aromatic carbocycles. The Morgan fingerprint density at radius 2 is 1.76 bits per heavy atom. The van der Waals surface area contributed by atoms with Crippen LogP contribution in [0.4, 0.5) is 0 Å². The van der Waals surface area contributed by atoms with Gasteiger partial charge in [-0.3, -0.25) is 9.59 Å². The minimum absolute atomic E-state index is 0.228. The standard InChI is InChI=1S/C20H21NO4/c22-19(21-18-8-4-7-17(18)20(23)24)15-11-9-14(10-12-15)13-25-16-5-2-1-3-6-16/h1-3,5-6,9-12,17-18H,4,7-8,13H2,(H,21,22)(H,23,24)/t17-,18+/m1/s1. The molecule has 0 aromatic heterocycles. The quantitative estimate of drug-likeness (QED) is 0.847. The van der Waals surface area contributed by atoms with Crippen LogP contribution in [0, 0.1) is 5.92 Å². The second-order valence-corrected chi connectivity index (χ2v) is 6.25. The number of nitrogens with one attached hydrogen (secondary N) is 1. The van der Waals surface area contributed by atoms with Crippen molar-refractivity contribution in [1.82, 2.24) is 5.32 Å². The van der Waals surface area contributed by atoms with Crippen LogP contribution in [0.2, 0.25) is 0 Å². The Morgan fingerprint density at radius 3 is 2.44 bits per heavy atom. The number of carbonyl (C=O) groups excluding carboxylic acids is 1. The van der Waals surface area contributed by atoms with Gasteiger partial charge in [-0.1, -0.05) is 36.8 Å². The molecule has 1 saturated carbocycles. The summed E-state index contributed by atoms with van der Waals surface area (Å²) >= 11 is 0. The first kappa shape index (κ1) is 17.0. The van der Waals surface area contributed by atoms with E-state index in [1.54, 1.807) is 12.1 Å². The summed E-state index contributed by atoms with van der Waals surface area (Å²) in [6.07, 6.45) is 2.17. The summed E-state index contributed by atoms with van der Waals surface area (Å²) in [6.45, 7) is 0.426. The van der Waals surface area contributed by atoms with Crippen LogP contribution >= 0.6 is 0 Å². The molecular formula is C20H21NO4. The second-order valence-electron chi connectivity index (χ2n) is 6.25. The van der Waals surface area contributed by atoms with Crippen LogP contribution in [0.15, 0.2) is 54.6 Å². The number of ether oxygens (including phenoxy) is 1. The van der Waals surface area contributed by atoms with Gasteiger partial charge in [0.25, 0.3) is 5.91 Å². The summed E-state index contributed by atoms with van der Waals surface area (Å²) in [5.74, 6) is -0.752. The molecule has 5 nitrogen and oxygen atoms in total. The zero-order chi connectivity index (χ0) is 17.6. The zero-order valence-corrected chi connectivity index (χ0v) is 13.9. The van der Waals surface area contributed by atoms with Crippen molar-refractivity contribution in [2.45, 2.75) is 31.9 Å². The molecule has 2 atom stereocenters. The normalized spacial score (nSPS) is 19.4. The Morgan fingerprint density at radius 1 is 1.04 bits per heavy atom. The Balaban J connectivity index is 1.56. The monoisotopic (exact) mass is 339 g/mol. The van der Waals surface area contributed by atoms with Crippen molar-refractivity contribution in [3.63, 3.8) is 0 Å². The number of benzene rings is 2. The second kappa shape index (κ2) is 7.83. The number of hydrogen-bond acceptors (Lipinski definition) is 3. The van der Waals surface area contributed by atoms with Gasteiger partial charge >= 0.3 is 5.97 Å². The van der Waals surface area contributed by atoms with E-state index in [0.29, 0.717) is 25.0 Å². The maximum atomic E-state index is 12.3. The highest BCUT2D eigenvalue weighted by atomic mass is 16.5. The maximum absolute atomic E-state index is 12.3. The van der Waals surface area contributed by atoms with E-state index in [1.807, 2.05) is 42.5 Å². The highest BCUT2D eigenvalue weighted by molar-refractivity contribution is 5.94. The molecule has 25 heavy (non-hydrogen) atoms. The lowest BCUT2D eigenvalue weighted by Crippen LogP contribution is -2.40. The number of aliphatic carboxylic acids is 1. The van der Waals surface area contributed by atoms with Gasteiger partial charge in [0.05, 0.1) is 5.92 Å². The van der Waals surface area contributed by atoms with Gasteiger partial charge in [-0.2, -0.15) is 0 Å². The summed E-state index contributed by atoms with van der Waals surface area (Å²) in [6, 6.07) is 16.4. The van der Waals surface area contributed by atoms with Crippen LogP contribution in [-0.2, 0) is 11.4 Å². The molecule has 5 heteroatoms. The van der Waals surface area contributed by atoms with Crippen molar-refractivity contribution < 1.29 is 19.4 Å². The minimum atomic E-state index is -0.837. The van der Waals surface area contributed by atoms with E-state index < -0.39 is 11.9 Å². The van der Waals surface area contributed by atoms with Gasteiger partial charge in [-0.05, 0) is 42.7 Å². The third kappa shape index (κ3) is 4.38. The Labute approximate surface area is 146 Å². The van der Waals surface area contributed by atoms with E-state index in [-0.39, 0.29) is 11.9 Å². The number of carbonyl (C=O) groups is 2. The molecular weight excluding hydrogens is 318 g/mol. The van der Waals surface area contributed by atoms with Crippen molar-refractivity contribution in [2.75, 3.05) is 0 Å². The first-order valence-electron chi connectivity index (χ1n) is 8.44. The number of carboxylic acids is 1. The largest absolute Gasteiger partial charge is 0.489 e. The number of hydrogen-bond donors (Lipinski definition) is 2. The van der Waals surface area contributed by atoms with Crippen molar-refractivity contribution in [3.8, 4) is 5.75 Å². The average Bonchev–Trinajstić information content (AvgIpc) is 3.09. The Hall–Kier alpha value is -2.82. The number of carboxylic acid groups (broad SMARTS) is 1. The lowest BCUT2D eigenvalue weighted by molar-refractivity contribution is -0.142. The van der Waals surface area contributed by atoms with Crippen LogP contribution in [0.5, 0.6) is 5.75 Å². The maximum Gasteiger partial charge on any atom is 0.308 e. The van der Waals surface area contributed by atoms with Crippen LogP contribution in [0.25, 0.3) is 0 Å². The molecule has 2 N–H and O–H groups in total. The highest BCUT2D eigenvalue weighted by Gasteiger charge is 2.33. The molecule has 0 aliphatic heterocycles. The van der Waals surface area contributed by atoms with Crippen LogP contribution < -0.4 is 10.1 Å². The van der Waals surface area contributed by atoms with Crippen LogP contribution in [0.1, 0.15) is 35.2 Å². The van der Waals surface area contributed by atoms with E-state index in [4.69, 9.17) is 4.74 Å². The van der Waals surface area contributed by atoms with Crippen molar-refractivity contribution in [1.29, 1.82) is 0 Å². The van der Waals surface area contributed by atoms with Crippen LogP contribution in [0.3, 0.4) is 0 Å². The molecule has 2 aromatic rings. The minimum Gasteiger partial charge on any atom is -0.489 e. The highest BCUT2D eigenvalue weighted by Crippen LogP contribution is 2.26. The summed E-state index contributed by atoms with van der Waals surface area (Å²) in [7, 11) is 0. The van der Waals surface area contributed by atoms with Gasteiger partial charge in [0, 0.05) is 11.6 Å². The molecule has 0 heterocycles. The summed E-state index contributed by atoms with van der Waals surface area (Å²) in [5.41, 5.74) is 1.49. The first-order chi connectivity index (χ1) is 12.1. The first-order valence-corrected chi connectivity index (χ1v) is 8.44. The van der Waals surface area contributed by atoms with E-state index >= 15 is 0 Å². The van der Waals surface area contributed by atoms with Gasteiger partial charge in [0.15, 0.2) is 0 Å². The molecule has 3 rings (SSSR count). The summed E-state index contributed by atoms with van der Waals surface area (Å²) in [4.78, 5) is 23.5. The fraction of sp³-hybridized carbons (Fsp3) is 0.300. The predicted octanol–water partition coefficient (Wildman–Crippen LogP) is 3.25. The molecule has 0 unspecified atom stereocenters. The molecule has 0 spiro atoms. The Kier molecular flexibility index (Phi) is 5.33. The molecule has 1 fully saturated rings. The van der Waals surface area contributed by atoms with Gasteiger partial charge in [-0.15, -0.1) is 0 Å². The molecule has 0 saturated heterocycles. The lowest BCUT2D eigenvalue weighted by Gasteiger charge is -2.17. The summed E-state index contributed by atoms with van der Waals surface area (Å²) < 4.78 is 5.67. The van der Waals surface area contributed by atoms with Gasteiger partial charge in [0.1, 0.15) is 12.4 Å². The van der Waals surface area contributed by atoms with E-state index in [2.05, 4.69) is 5.32 Å². The molecule has 0 radical (unpaired) electrons. The van der Waals surface area contributed by atoms with Crippen molar-refractivity contribution in [2.24, 2.45) is 5.92 Å². The average molecular weight is 339 g/mol. The fourth-order valence-electron chi connectivity index (χ4n) is 3.12. The smallest absolute Gasteiger partial charge is 0.308 e. The Bertz CT molecular complexity index is 727. The van der Waals surface area contributed by atoms with Gasteiger partial charge in [0.2, 0.25) is 0 Å². The number of para-hydroxylation sites is 1. The third-order valence-electron chi connectivity index (χ3n) is 4.51. The molecule has 0 bridgehead atoms. The molecule has 1 amide bonds. The van der Waals surface area contributed by atoms with Gasteiger partial charge in [-0.25, -0.2) is 0 Å². The van der Waals surface area contributed by atoms with E-state index in [1.165, 1.54) is 0 Å². The van der Waals surface area contributed by atoms with Crippen LogP contribution in [-0.4, -0.2) is 23.0 Å². The molecule has 1 aliphatic carbocycles. The third-order valence-corrected chi connectivity index (χ3v) is 4.51. The number of rotatable bonds is 6. The summed E-state index contributed by atoms with van der Waals surface area (Å²) in [5, 5.41) is 12.0. The predicted molar refractivity (Wildman–Crippen MR) is 93.4 cm³/mol. The molecule has 1 aliphatic rings. The van der Waals surface area contributed by atoms with Crippen molar-refractivity contribution >= 4 is 11.9 Å². The lowest BCUT2D eigenvalue weighted by atomic mass is 10.0. The zero-order valence-electron chi connectivity index (χ0n) is 13.9.